The molecule has 5 nitrogen and oxygen atoms in total. The summed E-state index contributed by atoms with van der Waals surface area (Å²) in [6, 6.07) is 13.7. The summed E-state index contributed by atoms with van der Waals surface area (Å²) < 4.78 is 0. The number of anilines is 1. The third kappa shape index (κ3) is 6.33. The minimum Gasteiger partial charge on any atom is -0.352 e. The Hall–Kier alpha value is -2.08. The zero-order valence-corrected chi connectivity index (χ0v) is 16.1. The van der Waals surface area contributed by atoms with Gasteiger partial charge in [-0.15, -0.1) is 12.4 Å². The molecule has 0 aliphatic carbocycles. The van der Waals surface area contributed by atoms with Gasteiger partial charge < -0.3 is 16.4 Å². The number of benzene rings is 2. The highest BCUT2D eigenvalue weighted by molar-refractivity contribution is 6.34. The van der Waals surface area contributed by atoms with Crippen LogP contribution in [0.1, 0.15) is 29.3 Å². The third-order valence-corrected chi connectivity index (χ3v) is 3.96. The lowest BCUT2D eigenvalue weighted by atomic mass is 10.1. The predicted octanol–water partition coefficient (Wildman–Crippen LogP) is 3.41. The van der Waals surface area contributed by atoms with Crippen LogP contribution >= 0.6 is 24.0 Å². The summed E-state index contributed by atoms with van der Waals surface area (Å²) in [7, 11) is 0. The number of nitrogens with two attached hydrogens (primary N) is 1. The Balaban J connectivity index is 0.00000338. The van der Waals surface area contributed by atoms with Crippen LogP contribution in [0.3, 0.4) is 0 Å². The van der Waals surface area contributed by atoms with Gasteiger partial charge in [-0.3, -0.25) is 9.59 Å². The third-order valence-electron chi connectivity index (χ3n) is 3.65. The molecule has 4 N–H and O–H groups in total. The Morgan fingerprint density at radius 1 is 1.15 bits per heavy atom. The van der Waals surface area contributed by atoms with Gasteiger partial charge in [-0.1, -0.05) is 48.9 Å². The number of hydrogen-bond acceptors (Lipinski definition) is 3. The first-order valence-electron chi connectivity index (χ1n) is 8.19. The molecule has 2 rings (SSSR count). The molecule has 1 atom stereocenters. The van der Waals surface area contributed by atoms with Crippen LogP contribution in [0.2, 0.25) is 5.02 Å². The van der Waals surface area contributed by atoms with Gasteiger partial charge in [0, 0.05) is 12.2 Å². The Morgan fingerprint density at radius 3 is 2.46 bits per heavy atom. The second-order valence-corrected chi connectivity index (χ2v) is 6.14. The van der Waals surface area contributed by atoms with Crippen molar-refractivity contribution in [2.24, 2.45) is 5.73 Å². The molecule has 2 amide bonds. The number of nitrogens with one attached hydrogen (secondary N) is 2. The highest BCUT2D eigenvalue weighted by Crippen LogP contribution is 2.21. The molecular weight excluding hydrogens is 373 g/mol. The van der Waals surface area contributed by atoms with E-state index in [9.17, 15) is 9.59 Å². The predicted molar refractivity (Wildman–Crippen MR) is 108 cm³/mol. The topological polar surface area (TPSA) is 84.2 Å². The molecule has 26 heavy (non-hydrogen) atoms. The van der Waals surface area contributed by atoms with Crippen molar-refractivity contribution >= 4 is 41.5 Å². The first kappa shape index (κ1) is 22.0. The first-order valence-corrected chi connectivity index (χ1v) is 8.57. The molecule has 0 bridgehead atoms. The van der Waals surface area contributed by atoms with Gasteiger partial charge >= 0.3 is 0 Å². The van der Waals surface area contributed by atoms with Crippen LogP contribution in [0.15, 0.2) is 48.5 Å². The normalized spacial score (nSPS) is 11.2. The zero-order valence-electron chi connectivity index (χ0n) is 14.5. The average molecular weight is 396 g/mol. The molecule has 0 saturated heterocycles. The van der Waals surface area contributed by atoms with E-state index in [1.54, 1.807) is 18.2 Å². The van der Waals surface area contributed by atoms with Crippen LogP contribution in [0.25, 0.3) is 0 Å². The van der Waals surface area contributed by atoms with Crippen molar-refractivity contribution < 1.29 is 9.59 Å². The molecule has 0 aliphatic heterocycles. The quantitative estimate of drug-likeness (QED) is 0.671. The molecule has 2 aromatic carbocycles. The minimum absolute atomic E-state index is 0. The number of hydrogen-bond donors (Lipinski definition) is 3. The van der Waals surface area contributed by atoms with E-state index in [0.717, 1.165) is 12.0 Å². The summed E-state index contributed by atoms with van der Waals surface area (Å²) in [6.07, 6.45) is 1.29. The molecular formula is C19H23Cl2N3O2. The summed E-state index contributed by atoms with van der Waals surface area (Å²) in [5.41, 5.74) is 7.83. The second kappa shape index (κ2) is 10.8. The molecule has 0 radical (unpaired) electrons. The van der Waals surface area contributed by atoms with E-state index in [1.165, 1.54) is 0 Å². The summed E-state index contributed by atoms with van der Waals surface area (Å²) in [5.74, 6) is -0.534. The second-order valence-electron chi connectivity index (χ2n) is 5.74. The van der Waals surface area contributed by atoms with Gasteiger partial charge in [0.1, 0.15) is 0 Å². The number of carbonyl (C=O) groups excluding carboxylic acids is 2. The van der Waals surface area contributed by atoms with Gasteiger partial charge in [0.15, 0.2) is 0 Å². The van der Waals surface area contributed by atoms with Crippen molar-refractivity contribution in [3.8, 4) is 0 Å². The lowest BCUT2D eigenvalue weighted by Crippen LogP contribution is -2.37. The van der Waals surface area contributed by atoms with Crippen molar-refractivity contribution in [2.75, 3.05) is 11.9 Å². The van der Waals surface area contributed by atoms with E-state index in [0.29, 0.717) is 24.2 Å². The average Bonchev–Trinajstić information content (AvgIpc) is 2.60. The molecule has 0 aromatic heterocycles. The van der Waals surface area contributed by atoms with Gasteiger partial charge in [0.25, 0.3) is 5.91 Å². The first-order chi connectivity index (χ1) is 12.0. The number of carbonyl (C=O) groups is 2. The minimum atomic E-state index is -0.672. The number of halogens is 2. The highest BCUT2D eigenvalue weighted by Gasteiger charge is 2.16. The van der Waals surface area contributed by atoms with E-state index in [2.05, 4.69) is 10.6 Å². The monoisotopic (exact) mass is 395 g/mol. The van der Waals surface area contributed by atoms with Crippen LogP contribution < -0.4 is 16.4 Å². The van der Waals surface area contributed by atoms with Crippen molar-refractivity contribution in [1.29, 1.82) is 0 Å². The van der Waals surface area contributed by atoms with Crippen molar-refractivity contribution in [1.82, 2.24) is 5.32 Å². The molecule has 0 fully saturated rings. The standard InChI is InChI=1S/C19H22ClN3O2.ClH/c1-2-10-22-18(24)15-9-8-14(12-16(15)20)23-19(25)17(21)11-13-6-4-3-5-7-13;/h3-9,12,17H,2,10-11,21H2,1H3,(H,22,24)(H,23,25);1H/t17-;/m0./s1. The van der Waals surface area contributed by atoms with E-state index in [1.807, 2.05) is 37.3 Å². The fraction of sp³-hybridized carbons (Fsp3) is 0.263. The van der Waals surface area contributed by atoms with Crippen molar-refractivity contribution in [3.63, 3.8) is 0 Å². The molecule has 140 valence electrons. The maximum Gasteiger partial charge on any atom is 0.252 e. The molecule has 0 spiro atoms. The summed E-state index contributed by atoms with van der Waals surface area (Å²) >= 11 is 6.15. The van der Waals surface area contributed by atoms with E-state index < -0.39 is 6.04 Å². The SMILES string of the molecule is CCCNC(=O)c1ccc(NC(=O)[C@@H](N)Cc2ccccc2)cc1Cl.Cl. The van der Waals surface area contributed by atoms with E-state index >= 15 is 0 Å². The van der Waals surface area contributed by atoms with Crippen LogP contribution in [0.4, 0.5) is 5.69 Å². The molecule has 7 heteroatoms. The fourth-order valence-electron chi connectivity index (χ4n) is 2.31. The maximum absolute atomic E-state index is 12.2. The van der Waals surface area contributed by atoms with E-state index in [-0.39, 0.29) is 29.2 Å². The molecule has 0 aliphatic rings. The molecule has 0 unspecified atom stereocenters. The van der Waals surface area contributed by atoms with Gasteiger partial charge in [0.2, 0.25) is 5.91 Å². The molecule has 2 aromatic rings. The maximum atomic E-state index is 12.2. The van der Waals surface area contributed by atoms with Crippen LogP contribution in [0, 0.1) is 0 Å². The van der Waals surface area contributed by atoms with Crippen LogP contribution in [-0.4, -0.2) is 24.4 Å². The van der Waals surface area contributed by atoms with Gasteiger partial charge in [-0.2, -0.15) is 0 Å². The fourth-order valence-corrected chi connectivity index (χ4v) is 2.57. The largest absolute Gasteiger partial charge is 0.352 e. The molecule has 0 heterocycles. The van der Waals surface area contributed by atoms with Crippen molar-refractivity contribution in [3.05, 3.63) is 64.7 Å². The molecule has 0 saturated carbocycles. The van der Waals surface area contributed by atoms with E-state index in [4.69, 9.17) is 17.3 Å². The summed E-state index contributed by atoms with van der Waals surface area (Å²) in [6.45, 7) is 2.56. The highest BCUT2D eigenvalue weighted by atomic mass is 35.5. The van der Waals surface area contributed by atoms with Gasteiger partial charge in [-0.05, 0) is 36.6 Å². The Bertz CT molecular complexity index is 739. The lowest BCUT2D eigenvalue weighted by molar-refractivity contribution is -0.117. The van der Waals surface area contributed by atoms with Crippen LogP contribution in [-0.2, 0) is 11.2 Å². The Morgan fingerprint density at radius 2 is 1.85 bits per heavy atom. The Kier molecular flexibility index (Phi) is 9.13. The zero-order chi connectivity index (χ0) is 18.2. The van der Waals surface area contributed by atoms with Gasteiger partial charge in [0.05, 0.1) is 16.6 Å². The Labute approximate surface area is 164 Å². The smallest absolute Gasteiger partial charge is 0.252 e. The van der Waals surface area contributed by atoms with Crippen LogP contribution in [0.5, 0.6) is 0 Å². The van der Waals surface area contributed by atoms with Gasteiger partial charge in [-0.25, -0.2) is 0 Å². The summed E-state index contributed by atoms with van der Waals surface area (Å²) in [4.78, 5) is 24.2. The number of rotatable bonds is 7. The van der Waals surface area contributed by atoms with Crippen molar-refractivity contribution in [2.45, 2.75) is 25.8 Å². The summed E-state index contributed by atoms with van der Waals surface area (Å²) in [5, 5.41) is 5.78. The number of amides is 2. The lowest BCUT2D eigenvalue weighted by Gasteiger charge is -2.13.